The number of para-hydroxylation sites is 1. The van der Waals surface area contributed by atoms with Gasteiger partial charge in [0.2, 0.25) is 0 Å². The normalized spacial score (nSPS) is 11.2. The molecule has 2 rings (SSSR count). The molecular formula is C17H19ClOSi. The summed E-state index contributed by atoms with van der Waals surface area (Å²) in [6.07, 6.45) is 1.76. The number of benzene rings is 2. The first-order valence-electron chi connectivity index (χ1n) is 6.65. The summed E-state index contributed by atoms with van der Waals surface area (Å²) in [5.41, 5.74) is 2.23. The van der Waals surface area contributed by atoms with E-state index in [1.165, 1.54) is 0 Å². The van der Waals surface area contributed by atoms with Gasteiger partial charge < -0.3 is 4.74 Å². The van der Waals surface area contributed by atoms with Gasteiger partial charge in [-0.25, -0.2) is 0 Å². The standard InChI is InChI=1S/C17H19ClOSi/c1-4-13-19-17-15(14-9-6-5-7-10-14)11-8-12-16(17)20(2,3)18/h4-12H,1,13H2,2-3H3. The van der Waals surface area contributed by atoms with E-state index in [1.807, 2.05) is 18.2 Å². The summed E-state index contributed by atoms with van der Waals surface area (Å²) in [4.78, 5) is 0. The predicted octanol–water partition coefficient (Wildman–Crippen LogP) is 4.57. The molecule has 2 aromatic rings. The average Bonchev–Trinajstić information content (AvgIpc) is 2.44. The Morgan fingerprint density at radius 1 is 1.10 bits per heavy atom. The van der Waals surface area contributed by atoms with Gasteiger partial charge in [0.15, 0.2) is 7.38 Å². The van der Waals surface area contributed by atoms with Crippen molar-refractivity contribution in [3.63, 3.8) is 0 Å². The summed E-state index contributed by atoms with van der Waals surface area (Å²) in [6, 6.07) is 16.4. The average molecular weight is 303 g/mol. The summed E-state index contributed by atoms with van der Waals surface area (Å²) >= 11 is 6.64. The maximum Gasteiger partial charge on any atom is 0.185 e. The van der Waals surface area contributed by atoms with Gasteiger partial charge in [0, 0.05) is 5.56 Å². The smallest absolute Gasteiger partial charge is 0.185 e. The summed E-state index contributed by atoms with van der Waals surface area (Å²) in [7, 11) is -1.98. The minimum Gasteiger partial charge on any atom is -0.489 e. The lowest BCUT2D eigenvalue weighted by molar-refractivity contribution is 0.367. The Morgan fingerprint density at radius 2 is 1.80 bits per heavy atom. The third-order valence-corrected chi connectivity index (χ3v) is 5.37. The molecule has 0 spiro atoms. The second kappa shape index (κ2) is 6.29. The highest BCUT2D eigenvalue weighted by Crippen LogP contribution is 2.31. The van der Waals surface area contributed by atoms with E-state index >= 15 is 0 Å². The van der Waals surface area contributed by atoms with Gasteiger partial charge in [0.1, 0.15) is 12.4 Å². The first-order chi connectivity index (χ1) is 9.54. The van der Waals surface area contributed by atoms with Crippen molar-refractivity contribution >= 4 is 23.6 Å². The summed E-state index contributed by atoms with van der Waals surface area (Å²) in [5.74, 6) is 0.894. The molecule has 3 heteroatoms. The fourth-order valence-corrected chi connectivity index (χ4v) is 3.83. The highest BCUT2D eigenvalue weighted by Gasteiger charge is 2.26. The molecule has 2 aromatic carbocycles. The first-order valence-corrected chi connectivity index (χ1v) is 10.7. The monoisotopic (exact) mass is 302 g/mol. The van der Waals surface area contributed by atoms with Gasteiger partial charge in [-0.1, -0.05) is 74.3 Å². The topological polar surface area (TPSA) is 9.23 Å². The van der Waals surface area contributed by atoms with Crippen LogP contribution >= 0.6 is 11.1 Å². The molecule has 0 bridgehead atoms. The van der Waals surface area contributed by atoms with Crippen LogP contribution in [-0.2, 0) is 0 Å². The molecule has 0 fully saturated rings. The van der Waals surface area contributed by atoms with E-state index in [1.54, 1.807) is 6.08 Å². The second-order valence-corrected chi connectivity index (χ2v) is 11.4. The highest BCUT2D eigenvalue weighted by molar-refractivity contribution is 7.26. The van der Waals surface area contributed by atoms with Crippen LogP contribution < -0.4 is 9.92 Å². The van der Waals surface area contributed by atoms with Gasteiger partial charge in [-0.2, -0.15) is 11.1 Å². The molecule has 0 aliphatic rings. The van der Waals surface area contributed by atoms with Gasteiger partial charge in [0.25, 0.3) is 0 Å². The van der Waals surface area contributed by atoms with E-state index in [-0.39, 0.29) is 0 Å². The number of hydrogen-bond acceptors (Lipinski definition) is 1. The Kier molecular flexibility index (Phi) is 4.68. The molecule has 0 unspecified atom stereocenters. The van der Waals surface area contributed by atoms with Crippen LogP contribution in [0.5, 0.6) is 5.75 Å². The minimum absolute atomic E-state index is 0.484. The Bertz CT molecular complexity index is 588. The van der Waals surface area contributed by atoms with Crippen molar-refractivity contribution in [2.24, 2.45) is 0 Å². The molecule has 20 heavy (non-hydrogen) atoms. The number of halogens is 1. The number of hydrogen-bond donors (Lipinski definition) is 0. The van der Waals surface area contributed by atoms with Gasteiger partial charge in [-0.15, -0.1) is 0 Å². The van der Waals surface area contributed by atoms with Gasteiger partial charge in [-0.05, 0) is 10.8 Å². The maximum atomic E-state index is 6.64. The van der Waals surface area contributed by atoms with E-state index in [0.29, 0.717) is 6.61 Å². The van der Waals surface area contributed by atoms with Crippen LogP contribution in [-0.4, -0.2) is 14.0 Å². The fourth-order valence-electron chi connectivity index (χ4n) is 2.15. The molecule has 0 aromatic heterocycles. The zero-order valence-electron chi connectivity index (χ0n) is 11.9. The SMILES string of the molecule is C=CCOc1c(-c2ccccc2)cccc1[Si](C)(C)Cl. The van der Waals surface area contributed by atoms with E-state index < -0.39 is 7.38 Å². The molecule has 0 aliphatic carbocycles. The summed E-state index contributed by atoms with van der Waals surface area (Å²) in [5, 5.41) is 1.13. The van der Waals surface area contributed by atoms with Crippen molar-refractivity contribution in [3.05, 3.63) is 61.2 Å². The van der Waals surface area contributed by atoms with Crippen molar-refractivity contribution in [3.8, 4) is 16.9 Å². The second-order valence-electron chi connectivity index (χ2n) is 5.12. The van der Waals surface area contributed by atoms with E-state index in [0.717, 1.165) is 22.1 Å². The van der Waals surface area contributed by atoms with Crippen molar-refractivity contribution in [2.75, 3.05) is 6.61 Å². The maximum absolute atomic E-state index is 6.64. The summed E-state index contributed by atoms with van der Waals surface area (Å²) in [6.45, 7) is 8.43. The third kappa shape index (κ3) is 3.32. The van der Waals surface area contributed by atoms with Crippen molar-refractivity contribution in [1.82, 2.24) is 0 Å². The molecule has 104 valence electrons. The lowest BCUT2D eigenvalue weighted by Crippen LogP contribution is -2.36. The molecule has 0 saturated heterocycles. The largest absolute Gasteiger partial charge is 0.489 e. The molecule has 0 atom stereocenters. The Balaban J connectivity index is 2.59. The van der Waals surface area contributed by atoms with E-state index in [2.05, 4.69) is 50.0 Å². The minimum atomic E-state index is -1.98. The van der Waals surface area contributed by atoms with Gasteiger partial charge in [-0.3, -0.25) is 0 Å². The van der Waals surface area contributed by atoms with E-state index in [9.17, 15) is 0 Å². The zero-order chi connectivity index (χ0) is 14.6. The van der Waals surface area contributed by atoms with Gasteiger partial charge in [0.05, 0.1) is 0 Å². The van der Waals surface area contributed by atoms with Crippen LogP contribution in [0.1, 0.15) is 0 Å². The zero-order valence-corrected chi connectivity index (χ0v) is 13.7. The molecule has 0 radical (unpaired) electrons. The highest BCUT2D eigenvalue weighted by atomic mass is 35.6. The predicted molar refractivity (Wildman–Crippen MR) is 90.5 cm³/mol. The van der Waals surface area contributed by atoms with Crippen molar-refractivity contribution < 1.29 is 4.74 Å². The van der Waals surface area contributed by atoms with Crippen LogP contribution in [0.15, 0.2) is 61.2 Å². The van der Waals surface area contributed by atoms with E-state index in [4.69, 9.17) is 15.8 Å². The van der Waals surface area contributed by atoms with Crippen LogP contribution in [0.25, 0.3) is 11.1 Å². The summed E-state index contributed by atoms with van der Waals surface area (Å²) < 4.78 is 5.93. The molecular weight excluding hydrogens is 284 g/mol. The lowest BCUT2D eigenvalue weighted by Gasteiger charge is -2.21. The molecule has 0 heterocycles. The van der Waals surface area contributed by atoms with Crippen LogP contribution in [0.4, 0.5) is 0 Å². The Labute approximate surface area is 126 Å². The lowest BCUT2D eigenvalue weighted by atomic mass is 10.0. The number of rotatable bonds is 5. The molecule has 0 amide bonds. The van der Waals surface area contributed by atoms with Gasteiger partial charge >= 0.3 is 0 Å². The fraction of sp³-hybridized carbons (Fsp3) is 0.176. The van der Waals surface area contributed by atoms with Crippen molar-refractivity contribution in [2.45, 2.75) is 13.1 Å². The van der Waals surface area contributed by atoms with Crippen LogP contribution in [0, 0.1) is 0 Å². The molecule has 1 nitrogen and oxygen atoms in total. The number of ether oxygens (including phenoxy) is 1. The molecule has 0 saturated carbocycles. The van der Waals surface area contributed by atoms with Crippen LogP contribution in [0.3, 0.4) is 0 Å². The first kappa shape index (κ1) is 14.9. The molecule has 0 aliphatic heterocycles. The Morgan fingerprint density at radius 3 is 2.40 bits per heavy atom. The quantitative estimate of drug-likeness (QED) is 0.446. The Hall–Kier alpha value is -1.51. The van der Waals surface area contributed by atoms with Crippen LogP contribution in [0.2, 0.25) is 13.1 Å². The van der Waals surface area contributed by atoms with Crippen molar-refractivity contribution in [1.29, 1.82) is 0 Å². The third-order valence-electron chi connectivity index (χ3n) is 3.09. The molecule has 0 N–H and O–H groups in total.